The Kier molecular flexibility index (Phi) is 8.90. The van der Waals surface area contributed by atoms with Crippen molar-refractivity contribution in [3.05, 3.63) is 48.0 Å². The maximum absolute atomic E-state index is 12.8. The van der Waals surface area contributed by atoms with Gasteiger partial charge in [0.25, 0.3) is 5.91 Å². The van der Waals surface area contributed by atoms with E-state index in [0.717, 1.165) is 12.8 Å². The zero-order valence-electron chi connectivity index (χ0n) is 20.5. The monoisotopic (exact) mass is 467 g/mol. The second-order valence-corrected chi connectivity index (χ2v) is 8.29. The zero-order valence-corrected chi connectivity index (χ0v) is 20.5. The normalized spacial score (nSPS) is 11.8. The van der Waals surface area contributed by atoms with Crippen molar-refractivity contribution in [3.63, 3.8) is 0 Å². The molecule has 1 aromatic heterocycles. The first-order chi connectivity index (χ1) is 16.4. The second kappa shape index (κ2) is 12.1. The molecule has 0 bridgehead atoms. The minimum atomic E-state index is -0.747. The molecule has 1 heterocycles. The third kappa shape index (κ3) is 6.50. The van der Waals surface area contributed by atoms with E-state index >= 15 is 0 Å². The molecule has 0 aliphatic carbocycles. The number of aromatic nitrogens is 2. The Hall–Kier alpha value is -3.55. The summed E-state index contributed by atoms with van der Waals surface area (Å²) in [5, 5.41) is 10.6. The predicted molar refractivity (Wildman–Crippen MR) is 131 cm³/mol. The van der Waals surface area contributed by atoms with E-state index in [0.29, 0.717) is 47.6 Å². The van der Waals surface area contributed by atoms with Gasteiger partial charge in [0.1, 0.15) is 5.75 Å². The van der Waals surface area contributed by atoms with Gasteiger partial charge < -0.3 is 19.5 Å². The smallest absolute Gasteiger partial charge is 0.266 e. The van der Waals surface area contributed by atoms with Crippen molar-refractivity contribution in [1.29, 1.82) is 0 Å². The summed E-state index contributed by atoms with van der Waals surface area (Å²) < 4.78 is 22.4. The van der Waals surface area contributed by atoms with Gasteiger partial charge in [-0.1, -0.05) is 39.8 Å². The summed E-state index contributed by atoms with van der Waals surface area (Å²) >= 11 is 0. The molecule has 0 aliphatic rings. The van der Waals surface area contributed by atoms with E-state index in [4.69, 9.17) is 18.8 Å². The lowest BCUT2D eigenvalue weighted by Crippen LogP contribution is -2.30. The maximum atomic E-state index is 12.8. The number of nitrogens with one attached hydrogen (secondary N) is 1. The molecule has 8 nitrogen and oxygen atoms in total. The highest BCUT2D eigenvalue weighted by Gasteiger charge is 2.21. The summed E-state index contributed by atoms with van der Waals surface area (Å²) in [5.74, 6) is 2.15. The van der Waals surface area contributed by atoms with E-state index in [1.165, 1.54) is 5.56 Å². The molecule has 1 atom stereocenters. The summed E-state index contributed by atoms with van der Waals surface area (Å²) in [5.41, 5.74) is 2.28. The number of benzene rings is 2. The Morgan fingerprint density at radius 1 is 0.941 bits per heavy atom. The fourth-order valence-corrected chi connectivity index (χ4v) is 3.18. The molecule has 182 valence electrons. The molecule has 0 fully saturated rings. The van der Waals surface area contributed by atoms with Gasteiger partial charge in [-0.2, -0.15) is 0 Å². The molecule has 0 radical (unpaired) electrons. The number of ether oxygens (including phenoxy) is 3. The molecule has 0 aliphatic heterocycles. The first-order valence-electron chi connectivity index (χ1n) is 11.7. The van der Waals surface area contributed by atoms with Crippen molar-refractivity contribution < 1.29 is 23.6 Å². The van der Waals surface area contributed by atoms with Crippen molar-refractivity contribution in [2.24, 2.45) is 0 Å². The number of hydrogen-bond donors (Lipinski definition) is 1. The van der Waals surface area contributed by atoms with Crippen LogP contribution in [-0.2, 0) is 4.79 Å². The Morgan fingerprint density at radius 3 is 2.26 bits per heavy atom. The maximum Gasteiger partial charge on any atom is 0.266 e. The lowest BCUT2D eigenvalue weighted by molar-refractivity contribution is -0.122. The molecule has 2 aromatic carbocycles. The van der Waals surface area contributed by atoms with E-state index in [-0.39, 0.29) is 11.7 Å². The van der Waals surface area contributed by atoms with E-state index in [1.807, 2.05) is 56.3 Å². The van der Waals surface area contributed by atoms with Crippen molar-refractivity contribution >= 4 is 11.7 Å². The van der Waals surface area contributed by atoms with Crippen molar-refractivity contribution in [2.75, 3.05) is 18.5 Å². The SMILES string of the molecule is CCCOc1ccc(-c2nonc2NC(=O)C(C)Oc2ccc(C(C)C)cc2)cc1OCCC. The Bertz CT molecular complexity index is 1060. The predicted octanol–water partition coefficient (Wildman–Crippen LogP) is 5.84. The first-order valence-corrected chi connectivity index (χ1v) is 11.7. The van der Waals surface area contributed by atoms with Gasteiger partial charge in [0.15, 0.2) is 23.3 Å². The highest BCUT2D eigenvalue weighted by molar-refractivity contribution is 5.96. The topological polar surface area (TPSA) is 95.7 Å². The van der Waals surface area contributed by atoms with Gasteiger partial charge in [0.2, 0.25) is 5.82 Å². The highest BCUT2D eigenvalue weighted by Crippen LogP contribution is 2.34. The van der Waals surface area contributed by atoms with Crippen LogP contribution in [0, 0.1) is 0 Å². The van der Waals surface area contributed by atoms with Crippen LogP contribution in [-0.4, -0.2) is 35.5 Å². The lowest BCUT2D eigenvalue weighted by atomic mass is 10.0. The summed E-state index contributed by atoms with van der Waals surface area (Å²) in [4.78, 5) is 12.8. The van der Waals surface area contributed by atoms with Crippen LogP contribution in [0.15, 0.2) is 47.1 Å². The van der Waals surface area contributed by atoms with Crippen LogP contribution in [0.3, 0.4) is 0 Å². The third-order valence-electron chi connectivity index (χ3n) is 5.10. The molecule has 3 aromatic rings. The number of nitrogens with zero attached hydrogens (tertiary/aromatic N) is 2. The Morgan fingerprint density at radius 2 is 1.62 bits per heavy atom. The molecule has 8 heteroatoms. The molecule has 1 unspecified atom stereocenters. The van der Waals surface area contributed by atoms with Gasteiger partial charge in [-0.3, -0.25) is 4.79 Å². The average molecular weight is 468 g/mol. The molecule has 3 rings (SSSR count). The molecule has 1 amide bonds. The number of hydrogen-bond acceptors (Lipinski definition) is 7. The molecule has 34 heavy (non-hydrogen) atoms. The number of carbonyl (C=O) groups excluding carboxylic acids is 1. The van der Waals surface area contributed by atoms with Gasteiger partial charge in [0, 0.05) is 5.56 Å². The molecule has 1 N–H and O–H groups in total. The average Bonchev–Trinajstić information content (AvgIpc) is 3.30. The van der Waals surface area contributed by atoms with Crippen LogP contribution in [0.2, 0.25) is 0 Å². The van der Waals surface area contributed by atoms with Gasteiger partial charge in [-0.25, -0.2) is 4.63 Å². The van der Waals surface area contributed by atoms with Gasteiger partial charge in [0.05, 0.1) is 13.2 Å². The number of anilines is 1. The summed E-state index contributed by atoms with van der Waals surface area (Å²) in [6.07, 6.45) is 1.01. The van der Waals surface area contributed by atoms with Crippen LogP contribution in [0.25, 0.3) is 11.3 Å². The van der Waals surface area contributed by atoms with Gasteiger partial charge in [-0.05, 0) is 71.9 Å². The minimum Gasteiger partial charge on any atom is -0.490 e. The summed E-state index contributed by atoms with van der Waals surface area (Å²) in [6.45, 7) is 11.2. The molecule has 0 saturated carbocycles. The molecule has 0 saturated heterocycles. The summed E-state index contributed by atoms with van der Waals surface area (Å²) in [6, 6.07) is 13.2. The summed E-state index contributed by atoms with van der Waals surface area (Å²) in [7, 11) is 0. The van der Waals surface area contributed by atoms with E-state index in [9.17, 15) is 4.79 Å². The number of carbonyl (C=O) groups is 1. The fourth-order valence-electron chi connectivity index (χ4n) is 3.18. The quantitative estimate of drug-likeness (QED) is 0.357. The van der Waals surface area contributed by atoms with Crippen molar-refractivity contribution in [1.82, 2.24) is 10.3 Å². The zero-order chi connectivity index (χ0) is 24.5. The molecular formula is C26H33N3O5. The Balaban J connectivity index is 1.72. The standard InChI is InChI=1S/C26H33N3O5/c1-6-14-31-22-13-10-20(16-23(22)32-15-7-2)24-25(29-34-28-24)27-26(30)18(5)33-21-11-8-19(9-12-21)17(3)4/h8-13,16-18H,6-7,14-15H2,1-5H3,(H,27,29,30). The van der Waals surface area contributed by atoms with Crippen molar-refractivity contribution in [2.45, 2.75) is 59.5 Å². The van der Waals surface area contributed by atoms with E-state index in [1.54, 1.807) is 6.92 Å². The van der Waals surface area contributed by atoms with Crippen LogP contribution < -0.4 is 19.5 Å². The number of rotatable bonds is 12. The second-order valence-electron chi connectivity index (χ2n) is 8.29. The minimum absolute atomic E-state index is 0.208. The van der Waals surface area contributed by atoms with Crippen LogP contribution in [0.4, 0.5) is 5.82 Å². The Labute approximate surface area is 200 Å². The first kappa shape index (κ1) is 25.1. The van der Waals surface area contributed by atoms with Crippen LogP contribution >= 0.6 is 0 Å². The lowest BCUT2D eigenvalue weighted by Gasteiger charge is -2.15. The van der Waals surface area contributed by atoms with Gasteiger partial charge >= 0.3 is 0 Å². The van der Waals surface area contributed by atoms with Gasteiger partial charge in [-0.15, -0.1) is 0 Å². The van der Waals surface area contributed by atoms with E-state index in [2.05, 4.69) is 29.5 Å². The third-order valence-corrected chi connectivity index (χ3v) is 5.10. The van der Waals surface area contributed by atoms with E-state index < -0.39 is 6.10 Å². The fraction of sp³-hybridized carbons (Fsp3) is 0.423. The van der Waals surface area contributed by atoms with Crippen molar-refractivity contribution in [3.8, 4) is 28.5 Å². The van der Waals surface area contributed by atoms with Crippen LogP contribution in [0.1, 0.15) is 58.9 Å². The molecular weight excluding hydrogens is 434 g/mol. The largest absolute Gasteiger partial charge is 0.490 e. The number of amides is 1. The highest BCUT2D eigenvalue weighted by atomic mass is 16.6. The van der Waals surface area contributed by atoms with Crippen LogP contribution in [0.5, 0.6) is 17.2 Å². The molecule has 0 spiro atoms.